The number of rotatable bonds is 7. The van der Waals surface area contributed by atoms with Crippen molar-refractivity contribution in [3.05, 3.63) is 0 Å². The second-order valence-corrected chi connectivity index (χ2v) is 2.53. The molecule has 0 fully saturated rings. The van der Waals surface area contributed by atoms with Gasteiger partial charge in [0.25, 0.3) is 0 Å². The predicted octanol–water partition coefficient (Wildman–Crippen LogP) is 1.52. The Balaban J connectivity index is 2.89. The predicted molar refractivity (Wildman–Crippen MR) is 42.3 cm³/mol. The highest BCUT2D eigenvalue weighted by molar-refractivity contribution is 4.52. The molecular weight excluding hydrogens is 147 g/mol. The van der Waals surface area contributed by atoms with E-state index in [-0.39, 0.29) is 6.61 Å². The Kier molecular flexibility index (Phi) is 7.84. The molecule has 68 valence electrons. The SMILES string of the molecule is CCCOCCCC(F)CO. The molecule has 0 radical (unpaired) electrons. The Labute approximate surface area is 67.4 Å². The molecule has 0 aromatic carbocycles. The molecule has 0 aliphatic heterocycles. The van der Waals surface area contributed by atoms with Gasteiger partial charge in [-0.15, -0.1) is 0 Å². The summed E-state index contributed by atoms with van der Waals surface area (Å²) in [6.45, 7) is 3.02. The van der Waals surface area contributed by atoms with Crippen LogP contribution >= 0.6 is 0 Å². The molecule has 0 heterocycles. The molecule has 0 aliphatic rings. The fourth-order valence-electron chi connectivity index (χ4n) is 0.745. The summed E-state index contributed by atoms with van der Waals surface area (Å²) < 4.78 is 17.5. The van der Waals surface area contributed by atoms with Crippen molar-refractivity contribution in [2.24, 2.45) is 0 Å². The normalized spacial score (nSPS) is 13.4. The third-order valence-corrected chi connectivity index (χ3v) is 1.35. The van der Waals surface area contributed by atoms with Gasteiger partial charge in [-0.2, -0.15) is 0 Å². The van der Waals surface area contributed by atoms with Gasteiger partial charge in [-0.05, 0) is 19.3 Å². The van der Waals surface area contributed by atoms with E-state index in [2.05, 4.69) is 0 Å². The zero-order valence-electron chi connectivity index (χ0n) is 7.05. The van der Waals surface area contributed by atoms with Crippen LogP contribution in [-0.2, 0) is 4.74 Å². The Morgan fingerprint density at radius 1 is 1.45 bits per heavy atom. The van der Waals surface area contributed by atoms with Gasteiger partial charge in [0.1, 0.15) is 6.17 Å². The molecule has 0 aromatic rings. The quantitative estimate of drug-likeness (QED) is 0.578. The first-order valence-electron chi connectivity index (χ1n) is 4.14. The largest absolute Gasteiger partial charge is 0.393 e. The van der Waals surface area contributed by atoms with Gasteiger partial charge in [-0.25, -0.2) is 4.39 Å². The van der Waals surface area contributed by atoms with Gasteiger partial charge in [-0.3, -0.25) is 0 Å². The maximum Gasteiger partial charge on any atom is 0.123 e. The van der Waals surface area contributed by atoms with E-state index in [1.54, 1.807) is 0 Å². The molecule has 1 N–H and O–H groups in total. The van der Waals surface area contributed by atoms with E-state index in [1.807, 2.05) is 6.92 Å². The summed E-state index contributed by atoms with van der Waals surface area (Å²) in [6.07, 6.45) is 1.03. The van der Waals surface area contributed by atoms with Crippen molar-refractivity contribution in [2.45, 2.75) is 32.4 Å². The number of aliphatic hydroxyl groups excluding tert-OH is 1. The van der Waals surface area contributed by atoms with E-state index in [1.165, 1.54) is 0 Å². The number of ether oxygens (including phenoxy) is 1. The lowest BCUT2D eigenvalue weighted by Gasteiger charge is -2.04. The number of aliphatic hydroxyl groups is 1. The lowest BCUT2D eigenvalue weighted by Crippen LogP contribution is -2.07. The zero-order chi connectivity index (χ0) is 8.53. The van der Waals surface area contributed by atoms with Crippen LogP contribution in [0.3, 0.4) is 0 Å². The highest BCUT2D eigenvalue weighted by atomic mass is 19.1. The maximum absolute atomic E-state index is 12.3. The van der Waals surface area contributed by atoms with Crippen molar-refractivity contribution in [1.29, 1.82) is 0 Å². The van der Waals surface area contributed by atoms with Gasteiger partial charge in [-0.1, -0.05) is 6.92 Å². The molecule has 1 unspecified atom stereocenters. The van der Waals surface area contributed by atoms with Crippen LogP contribution < -0.4 is 0 Å². The Morgan fingerprint density at radius 2 is 2.18 bits per heavy atom. The molecule has 3 heteroatoms. The van der Waals surface area contributed by atoms with Crippen molar-refractivity contribution in [3.8, 4) is 0 Å². The third kappa shape index (κ3) is 7.75. The molecule has 0 amide bonds. The van der Waals surface area contributed by atoms with Crippen molar-refractivity contribution in [2.75, 3.05) is 19.8 Å². The fourth-order valence-corrected chi connectivity index (χ4v) is 0.745. The van der Waals surface area contributed by atoms with Gasteiger partial charge in [0.15, 0.2) is 0 Å². The minimum Gasteiger partial charge on any atom is -0.393 e. The van der Waals surface area contributed by atoms with Crippen LogP contribution in [0.4, 0.5) is 4.39 Å². The summed E-state index contributed by atoms with van der Waals surface area (Å²) in [7, 11) is 0. The summed E-state index contributed by atoms with van der Waals surface area (Å²) in [5.41, 5.74) is 0. The summed E-state index contributed by atoms with van der Waals surface area (Å²) in [5, 5.41) is 8.32. The highest BCUT2D eigenvalue weighted by Gasteiger charge is 2.02. The molecule has 1 atom stereocenters. The number of alkyl halides is 1. The molecular formula is C8H17FO2. The van der Waals surface area contributed by atoms with Crippen molar-refractivity contribution in [3.63, 3.8) is 0 Å². The number of hydrogen-bond donors (Lipinski definition) is 1. The monoisotopic (exact) mass is 164 g/mol. The summed E-state index contributed by atoms with van der Waals surface area (Å²) >= 11 is 0. The second-order valence-electron chi connectivity index (χ2n) is 2.53. The van der Waals surface area contributed by atoms with Gasteiger partial charge < -0.3 is 9.84 Å². The summed E-state index contributed by atoms with van der Waals surface area (Å²) in [5.74, 6) is 0. The van der Waals surface area contributed by atoms with Crippen LogP contribution in [-0.4, -0.2) is 31.1 Å². The minimum atomic E-state index is -1.07. The first kappa shape index (κ1) is 10.8. The van der Waals surface area contributed by atoms with E-state index in [4.69, 9.17) is 9.84 Å². The van der Waals surface area contributed by atoms with E-state index in [0.717, 1.165) is 13.0 Å². The minimum absolute atomic E-state index is 0.367. The molecule has 0 saturated carbocycles. The molecule has 11 heavy (non-hydrogen) atoms. The Bertz CT molecular complexity index is 78.5. The smallest absolute Gasteiger partial charge is 0.123 e. The lowest BCUT2D eigenvalue weighted by molar-refractivity contribution is 0.113. The van der Waals surface area contributed by atoms with Crippen LogP contribution in [0.25, 0.3) is 0 Å². The molecule has 0 bridgehead atoms. The first-order chi connectivity index (χ1) is 5.31. The standard InChI is InChI=1S/C8H17FO2/c1-2-5-11-6-3-4-8(9)7-10/h8,10H,2-7H2,1H3. The van der Waals surface area contributed by atoms with Crippen LogP contribution in [0.2, 0.25) is 0 Å². The average molecular weight is 164 g/mol. The molecule has 0 rings (SSSR count). The lowest BCUT2D eigenvalue weighted by atomic mass is 10.2. The van der Waals surface area contributed by atoms with E-state index in [9.17, 15) is 4.39 Å². The Morgan fingerprint density at radius 3 is 2.73 bits per heavy atom. The van der Waals surface area contributed by atoms with Crippen molar-refractivity contribution >= 4 is 0 Å². The molecule has 2 nitrogen and oxygen atoms in total. The molecule has 0 aromatic heterocycles. The average Bonchev–Trinajstić information content (AvgIpc) is 2.04. The van der Waals surface area contributed by atoms with Crippen molar-refractivity contribution < 1.29 is 14.2 Å². The van der Waals surface area contributed by atoms with E-state index >= 15 is 0 Å². The summed E-state index contributed by atoms with van der Waals surface area (Å²) in [6, 6.07) is 0. The van der Waals surface area contributed by atoms with E-state index in [0.29, 0.717) is 19.4 Å². The van der Waals surface area contributed by atoms with Gasteiger partial charge in [0.2, 0.25) is 0 Å². The fraction of sp³-hybridized carbons (Fsp3) is 1.00. The Hall–Kier alpha value is -0.150. The number of halogens is 1. The molecule has 0 spiro atoms. The first-order valence-corrected chi connectivity index (χ1v) is 4.14. The van der Waals surface area contributed by atoms with E-state index < -0.39 is 6.17 Å². The molecule has 0 aliphatic carbocycles. The van der Waals surface area contributed by atoms with Gasteiger partial charge >= 0.3 is 0 Å². The van der Waals surface area contributed by atoms with Gasteiger partial charge in [0, 0.05) is 13.2 Å². The van der Waals surface area contributed by atoms with Crippen molar-refractivity contribution in [1.82, 2.24) is 0 Å². The second kappa shape index (κ2) is 7.95. The van der Waals surface area contributed by atoms with Crippen LogP contribution in [0, 0.1) is 0 Å². The maximum atomic E-state index is 12.3. The zero-order valence-corrected chi connectivity index (χ0v) is 7.05. The molecule has 0 saturated heterocycles. The van der Waals surface area contributed by atoms with Crippen LogP contribution in [0.5, 0.6) is 0 Å². The third-order valence-electron chi connectivity index (χ3n) is 1.35. The summed E-state index contributed by atoms with van der Waals surface area (Å²) in [4.78, 5) is 0. The van der Waals surface area contributed by atoms with Gasteiger partial charge in [0.05, 0.1) is 6.61 Å². The topological polar surface area (TPSA) is 29.5 Å². The van der Waals surface area contributed by atoms with Crippen LogP contribution in [0.15, 0.2) is 0 Å². The highest BCUT2D eigenvalue weighted by Crippen LogP contribution is 2.00. The number of hydrogen-bond acceptors (Lipinski definition) is 2. The van der Waals surface area contributed by atoms with Crippen LogP contribution in [0.1, 0.15) is 26.2 Å².